The Labute approximate surface area is 210 Å². The van der Waals surface area contributed by atoms with Gasteiger partial charge < -0.3 is 33.5 Å². The van der Waals surface area contributed by atoms with Crippen molar-refractivity contribution in [2.75, 3.05) is 92.0 Å². The molecule has 196 valence electrons. The molecule has 10 nitrogen and oxygen atoms in total. The highest BCUT2D eigenvalue weighted by molar-refractivity contribution is 8.14. The van der Waals surface area contributed by atoms with Gasteiger partial charge in [0.25, 0.3) is 0 Å². The molecule has 0 bridgehead atoms. The molecule has 1 atom stereocenters. The van der Waals surface area contributed by atoms with Crippen LogP contribution in [0.2, 0.25) is 0 Å². The van der Waals surface area contributed by atoms with E-state index in [1.54, 1.807) is 32.2 Å². The van der Waals surface area contributed by atoms with Gasteiger partial charge in [0.2, 0.25) is 0 Å². The third-order valence-electron chi connectivity index (χ3n) is 5.52. The largest absolute Gasteiger partial charge is 0.507 e. The topological polar surface area (TPSA) is 108 Å². The molecule has 0 spiro atoms. The highest BCUT2D eigenvalue weighted by Gasteiger charge is 2.40. The fraction of sp³-hybridized carbons (Fsp3) is 0.667. The molecular weight excluding hydrogens is 476 g/mol. The van der Waals surface area contributed by atoms with Gasteiger partial charge in [0, 0.05) is 44.1 Å². The molecular formula is C24H36N2O8S. The Kier molecular flexibility index (Phi) is 11.6. The highest BCUT2D eigenvalue weighted by atomic mass is 32.2. The van der Waals surface area contributed by atoms with E-state index < -0.39 is 5.54 Å². The third kappa shape index (κ3) is 8.93. The van der Waals surface area contributed by atoms with Crippen LogP contribution in [-0.4, -0.2) is 119 Å². The van der Waals surface area contributed by atoms with E-state index in [9.17, 15) is 9.90 Å². The van der Waals surface area contributed by atoms with Gasteiger partial charge in [-0.1, -0.05) is 0 Å². The van der Waals surface area contributed by atoms with Gasteiger partial charge in [-0.2, -0.15) is 0 Å². The normalized spacial score (nSPS) is 20.6. The number of carbonyl (C=O) groups excluding carboxylic acids is 1. The van der Waals surface area contributed by atoms with Gasteiger partial charge in [-0.25, -0.2) is 4.79 Å². The molecule has 2 aliphatic heterocycles. The number of carbonyl (C=O) groups is 1. The lowest BCUT2D eigenvalue weighted by Gasteiger charge is -2.26. The van der Waals surface area contributed by atoms with Crippen molar-refractivity contribution >= 4 is 22.8 Å². The van der Waals surface area contributed by atoms with Crippen molar-refractivity contribution < 1.29 is 38.3 Å². The lowest BCUT2D eigenvalue weighted by Crippen LogP contribution is -2.40. The molecule has 35 heavy (non-hydrogen) atoms. The zero-order valence-corrected chi connectivity index (χ0v) is 21.3. The van der Waals surface area contributed by atoms with Crippen LogP contribution in [0, 0.1) is 0 Å². The van der Waals surface area contributed by atoms with Crippen LogP contribution in [0.3, 0.4) is 0 Å². The van der Waals surface area contributed by atoms with Gasteiger partial charge in [0.15, 0.2) is 5.54 Å². The summed E-state index contributed by atoms with van der Waals surface area (Å²) in [6, 6.07) is 5.06. The van der Waals surface area contributed by atoms with Crippen molar-refractivity contribution in [1.82, 2.24) is 4.90 Å². The molecule has 1 unspecified atom stereocenters. The van der Waals surface area contributed by atoms with Crippen LogP contribution >= 0.6 is 11.8 Å². The number of thioether (sulfide) groups is 1. The number of phenols is 1. The zero-order chi connectivity index (χ0) is 24.9. The monoisotopic (exact) mass is 512 g/mol. The highest BCUT2D eigenvalue weighted by Crippen LogP contribution is 2.36. The molecule has 1 saturated heterocycles. The van der Waals surface area contributed by atoms with Crippen LogP contribution in [-0.2, 0) is 28.5 Å². The molecule has 3 rings (SSSR count). The molecule has 0 aliphatic carbocycles. The number of esters is 1. The van der Waals surface area contributed by atoms with Crippen molar-refractivity contribution in [2.45, 2.75) is 12.5 Å². The smallest absolute Gasteiger partial charge is 0.334 e. The minimum atomic E-state index is -0.975. The Morgan fingerprint density at radius 3 is 2.54 bits per heavy atom. The summed E-state index contributed by atoms with van der Waals surface area (Å²) in [6.07, 6.45) is 0. The van der Waals surface area contributed by atoms with E-state index in [4.69, 9.17) is 28.4 Å². The number of hydrogen-bond donors (Lipinski definition) is 1. The Hall–Kier alpha value is -1.89. The fourth-order valence-electron chi connectivity index (χ4n) is 3.45. The van der Waals surface area contributed by atoms with Crippen LogP contribution < -0.4 is 4.74 Å². The molecule has 1 N–H and O–H groups in total. The minimum absolute atomic E-state index is 0.0474. The molecule has 0 amide bonds. The number of hydrogen-bond acceptors (Lipinski definition) is 11. The summed E-state index contributed by atoms with van der Waals surface area (Å²) in [7, 11) is 1.63. The lowest BCUT2D eigenvalue weighted by atomic mass is 10.1. The first kappa shape index (κ1) is 27.7. The molecule has 1 fully saturated rings. The molecule has 11 heteroatoms. The van der Waals surface area contributed by atoms with E-state index in [1.165, 1.54) is 11.8 Å². The first-order valence-corrected chi connectivity index (χ1v) is 12.8. The number of aromatic hydroxyl groups is 1. The van der Waals surface area contributed by atoms with Crippen molar-refractivity contribution in [3.05, 3.63) is 23.8 Å². The first-order valence-electron chi connectivity index (χ1n) is 11.8. The maximum absolute atomic E-state index is 12.7. The van der Waals surface area contributed by atoms with Gasteiger partial charge in [-0.05, 0) is 19.1 Å². The number of morpholine rings is 1. The molecule has 0 radical (unpaired) electrons. The molecule has 1 aromatic rings. The second kappa shape index (κ2) is 14.6. The van der Waals surface area contributed by atoms with Crippen LogP contribution in [0.4, 0.5) is 0 Å². The molecule has 2 aliphatic rings. The number of rotatable bonds is 15. The predicted molar refractivity (Wildman–Crippen MR) is 133 cm³/mol. The second-order valence-electron chi connectivity index (χ2n) is 8.31. The summed E-state index contributed by atoms with van der Waals surface area (Å²) in [5, 5.41) is 11.1. The van der Waals surface area contributed by atoms with E-state index in [2.05, 4.69) is 9.89 Å². The summed E-state index contributed by atoms with van der Waals surface area (Å²) < 4.78 is 32.2. The Balaban J connectivity index is 1.41. The van der Waals surface area contributed by atoms with E-state index in [0.29, 0.717) is 88.1 Å². The Morgan fingerprint density at radius 2 is 1.83 bits per heavy atom. The predicted octanol–water partition coefficient (Wildman–Crippen LogP) is 1.58. The van der Waals surface area contributed by atoms with E-state index in [-0.39, 0.29) is 11.7 Å². The van der Waals surface area contributed by atoms with Crippen molar-refractivity contribution in [1.29, 1.82) is 0 Å². The number of benzene rings is 1. The van der Waals surface area contributed by atoms with Gasteiger partial charge >= 0.3 is 5.97 Å². The maximum atomic E-state index is 12.7. The minimum Gasteiger partial charge on any atom is -0.507 e. The molecule has 0 aromatic heterocycles. The van der Waals surface area contributed by atoms with Crippen LogP contribution in [0.1, 0.15) is 12.5 Å². The number of aliphatic imine (C=N–C) groups is 1. The maximum Gasteiger partial charge on any atom is 0.334 e. The van der Waals surface area contributed by atoms with Crippen molar-refractivity contribution in [3.63, 3.8) is 0 Å². The Morgan fingerprint density at radius 1 is 1.11 bits per heavy atom. The lowest BCUT2D eigenvalue weighted by molar-refractivity contribution is -0.149. The first-order chi connectivity index (χ1) is 17.0. The average molecular weight is 513 g/mol. The van der Waals surface area contributed by atoms with Crippen LogP contribution in [0.25, 0.3) is 0 Å². The number of phenolic OH excluding ortho intramolecular Hbond substituents is 1. The Bertz CT molecular complexity index is 834. The van der Waals surface area contributed by atoms with Gasteiger partial charge in [0.05, 0.1) is 46.2 Å². The number of ether oxygens (including phenoxy) is 6. The van der Waals surface area contributed by atoms with Gasteiger partial charge in [-0.15, -0.1) is 11.8 Å². The summed E-state index contributed by atoms with van der Waals surface area (Å²) in [5.41, 5.74) is -0.409. The number of nitrogens with zero attached hydrogens (tertiary/aromatic N) is 2. The summed E-state index contributed by atoms with van der Waals surface area (Å²) in [6.45, 7) is 8.73. The quantitative estimate of drug-likeness (QED) is 0.275. The molecule has 0 saturated carbocycles. The van der Waals surface area contributed by atoms with E-state index in [1.807, 2.05) is 0 Å². The SMILES string of the molecule is COCCOCCOCCOc1ccc(C2=NC(C)(C(=O)OCCN3CCOCC3)CS2)c(O)c1. The van der Waals surface area contributed by atoms with Crippen molar-refractivity contribution in [2.24, 2.45) is 4.99 Å². The average Bonchev–Trinajstić information content (AvgIpc) is 3.26. The second-order valence-corrected chi connectivity index (χ2v) is 9.28. The van der Waals surface area contributed by atoms with Crippen LogP contribution in [0.15, 0.2) is 23.2 Å². The summed E-state index contributed by atoms with van der Waals surface area (Å²) in [5.74, 6) is 0.686. The molecule has 2 heterocycles. The zero-order valence-electron chi connectivity index (χ0n) is 20.5. The third-order valence-corrected chi connectivity index (χ3v) is 6.81. The standard InChI is InChI=1S/C24H36N2O8S/c1-24(23(28)34-10-7-26-5-8-30-9-6-26)18-35-22(25-24)20-4-3-19(17-21(20)27)33-16-15-32-14-13-31-12-11-29-2/h3-4,17,27H,5-16,18H2,1-2H3. The number of methoxy groups -OCH3 is 1. The van der Waals surface area contributed by atoms with Crippen molar-refractivity contribution in [3.8, 4) is 11.5 Å². The molecule has 1 aromatic carbocycles. The fourth-order valence-corrected chi connectivity index (χ4v) is 4.65. The van der Waals surface area contributed by atoms with Crippen LogP contribution in [0.5, 0.6) is 11.5 Å². The summed E-state index contributed by atoms with van der Waals surface area (Å²) in [4.78, 5) is 19.5. The van der Waals surface area contributed by atoms with E-state index in [0.717, 1.165) is 13.1 Å². The summed E-state index contributed by atoms with van der Waals surface area (Å²) >= 11 is 1.43. The van der Waals surface area contributed by atoms with Gasteiger partial charge in [0.1, 0.15) is 29.8 Å². The van der Waals surface area contributed by atoms with E-state index >= 15 is 0 Å². The van der Waals surface area contributed by atoms with Gasteiger partial charge in [-0.3, -0.25) is 9.89 Å².